The van der Waals surface area contributed by atoms with Gasteiger partial charge in [0.15, 0.2) is 0 Å². The average molecular weight is 322 g/mol. The zero-order chi connectivity index (χ0) is 13.8. The molecule has 1 aliphatic rings. The van der Waals surface area contributed by atoms with Crippen molar-refractivity contribution in [3.05, 3.63) is 28.7 Å². The fourth-order valence-corrected chi connectivity index (χ4v) is 2.99. The predicted molar refractivity (Wildman–Crippen MR) is 82.2 cm³/mol. The first-order valence-corrected chi connectivity index (χ1v) is 7.50. The molecule has 2 atom stereocenters. The quantitative estimate of drug-likeness (QED) is 0.837. The summed E-state index contributed by atoms with van der Waals surface area (Å²) in [5.74, 6) is 0. The van der Waals surface area contributed by atoms with Crippen LogP contribution in [0.15, 0.2) is 28.7 Å². The fraction of sp³-hybridized carbons (Fsp3) is 0.533. The van der Waals surface area contributed by atoms with Crippen LogP contribution in [0, 0.1) is 11.3 Å². The standard InChI is InChI=1S/C15H20BrN3/c1-12-7-9-19(11-15(6-8-17)18(12)2)14-5-3-4-13(16)10-14/h3-5,10,12,15H,6-7,9,11H2,1-2H3. The van der Waals surface area contributed by atoms with Crippen molar-refractivity contribution in [3.63, 3.8) is 0 Å². The van der Waals surface area contributed by atoms with E-state index in [1.165, 1.54) is 5.69 Å². The van der Waals surface area contributed by atoms with Crippen LogP contribution in [-0.4, -0.2) is 37.1 Å². The molecule has 0 amide bonds. The molecule has 1 saturated heterocycles. The van der Waals surface area contributed by atoms with Gasteiger partial charge in [-0.3, -0.25) is 4.90 Å². The molecule has 0 radical (unpaired) electrons. The maximum atomic E-state index is 9.01. The molecule has 1 aromatic carbocycles. The maximum Gasteiger partial charge on any atom is 0.0638 e. The highest BCUT2D eigenvalue weighted by Crippen LogP contribution is 2.24. The SMILES string of the molecule is CC1CCN(c2cccc(Br)c2)CC(CC#N)N1C. The number of halogens is 1. The van der Waals surface area contributed by atoms with Crippen molar-refractivity contribution in [2.45, 2.75) is 31.8 Å². The van der Waals surface area contributed by atoms with Crippen molar-refractivity contribution in [3.8, 4) is 6.07 Å². The van der Waals surface area contributed by atoms with Gasteiger partial charge in [-0.05, 0) is 38.6 Å². The Morgan fingerprint density at radius 2 is 2.26 bits per heavy atom. The normalized spacial score (nSPS) is 24.8. The molecule has 1 fully saturated rings. The van der Waals surface area contributed by atoms with E-state index in [-0.39, 0.29) is 0 Å². The van der Waals surface area contributed by atoms with Crippen molar-refractivity contribution < 1.29 is 0 Å². The number of anilines is 1. The lowest BCUT2D eigenvalue weighted by Gasteiger charge is -2.30. The second kappa shape index (κ2) is 6.40. The molecule has 1 aromatic rings. The molecule has 3 nitrogen and oxygen atoms in total. The summed E-state index contributed by atoms with van der Waals surface area (Å²) in [5.41, 5.74) is 1.24. The minimum absolute atomic E-state index is 0.307. The van der Waals surface area contributed by atoms with Crippen LogP contribution in [0.3, 0.4) is 0 Å². The van der Waals surface area contributed by atoms with E-state index in [0.29, 0.717) is 18.5 Å². The lowest BCUT2D eigenvalue weighted by atomic mass is 10.1. The monoisotopic (exact) mass is 321 g/mol. The Morgan fingerprint density at radius 1 is 1.47 bits per heavy atom. The van der Waals surface area contributed by atoms with Gasteiger partial charge >= 0.3 is 0 Å². The van der Waals surface area contributed by atoms with E-state index in [1.54, 1.807) is 0 Å². The molecule has 0 spiro atoms. The lowest BCUT2D eigenvalue weighted by molar-refractivity contribution is 0.199. The maximum absolute atomic E-state index is 9.01. The number of benzene rings is 1. The zero-order valence-corrected chi connectivity index (χ0v) is 13.1. The second-order valence-corrected chi connectivity index (χ2v) is 6.16. The highest BCUT2D eigenvalue weighted by molar-refractivity contribution is 9.10. The highest BCUT2D eigenvalue weighted by atomic mass is 79.9. The summed E-state index contributed by atoms with van der Waals surface area (Å²) in [6, 6.07) is 11.6. The van der Waals surface area contributed by atoms with Crippen LogP contribution in [0.4, 0.5) is 5.69 Å². The molecule has 0 saturated carbocycles. The van der Waals surface area contributed by atoms with Crippen LogP contribution in [0.5, 0.6) is 0 Å². The van der Waals surface area contributed by atoms with Crippen LogP contribution >= 0.6 is 15.9 Å². The topological polar surface area (TPSA) is 30.3 Å². The largest absolute Gasteiger partial charge is 0.370 e. The van der Waals surface area contributed by atoms with E-state index in [0.717, 1.165) is 24.0 Å². The Bertz CT molecular complexity index is 469. The molecular weight excluding hydrogens is 302 g/mol. The summed E-state index contributed by atoms with van der Waals surface area (Å²) >= 11 is 3.53. The van der Waals surface area contributed by atoms with Gasteiger partial charge in [-0.2, -0.15) is 5.26 Å². The van der Waals surface area contributed by atoms with Gasteiger partial charge in [0.25, 0.3) is 0 Å². The Labute approximate surface area is 123 Å². The van der Waals surface area contributed by atoms with E-state index in [9.17, 15) is 0 Å². The van der Waals surface area contributed by atoms with E-state index >= 15 is 0 Å². The van der Waals surface area contributed by atoms with Gasteiger partial charge in [0.05, 0.1) is 12.5 Å². The van der Waals surface area contributed by atoms with Crippen molar-refractivity contribution in [2.75, 3.05) is 25.0 Å². The second-order valence-electron chi connectivity index (χ2n) is 5.25. The van der Waals surface area contributed by atoms with Crippen LogP contribution in [-0.2, 0) is 0 Å². The molecule has 2 unspecified atom stereocenters. The molecule has 1 heterocycles. The molecule has 2 rings (SSSR count). The van der Waals surface area contributed by atoms with E-state index in [2.05, 4.69) is 64.0 Å². The summed E-state index contributed by atoms with van der Waals surface area (Å²) in [4.78, 5) is 4.74. The minimum Gasteiger partial charge on any atom is -0.370 e. The molecule has 0 aromatic heterocycles. The summed E-state index contributed by atoms with van der Waals surface area (Å²) in [5, 5.41) is 9.01. The Balaban J connectivity index is 2.20. The molecule has 4 heteroatoms. The van der Waals surface area contributed by atoms with Gasteiger partial charge in [-0.1, -0.05) is 22.0 Å². The first kappa shape index (κ1) is 14.4. The van der Waals surface area contributed by atoms with Crippen molar-refractivity contribution >= 4 is 21.6 Å². The van der Waals surface area contributed by atoms with Crippen molar-refractivity contribution in [2.24, 2.45) is 0 Å². The smallest absolute Gasteiger partial charge is 0.0638 e. The number of rotatable bonds is 2. The van der Waals surface area contributed by atoms with Gasteiger partial charge in [0, 0.05) is 35.3 Å². The van der Waals surface area contributed by atoms with Crippen LogP contribution < -0.4 is 4.90 Å². The minimum atomic E-state index is 0.307. The third-order valence-corrected chi connectivity index (χ3v) is 4.51. The van der Waals surface area contributed by atoms with Crippen LogP contribution in [0.2, 0.25) is 0 Å². The molecular formula is C15H20BrN3. The predicted octanol–water partition coefficient (Wildman–Crippen LogP) is 3.26. The van der Waals surface area contributed by atoms with E-state index < -0.39 is 0 Å². The number of nitrogens with zero attached hydrogens (tertiary/aromatic N) is 3. The molecule has 1 aliphatic heterocycles. The average Bonchev–Trinajstić information content (AvgIpc) is 2.53. The molecule has 0 aliphatic carbocycles. The Hall–Kier alpha value is -1.05. The first-order valence-electron chi connectivity index (χ1n) is 6.71. The first-order chi connectivity index (χ1) is 9.11. The summed E-state index contributed by atoms with van der Waals surface area (Å²) < 4.78 is 1.10. The van der Waals surface area contributed by atoms with Gasteiger partial charge in [0.2, 0.25) is 0 Å². The van der Waals surface area contributed by atoms with Gasteiger partial charge in [0.1, 0.15) is 0 Å². The van der Waals surface area contributed by atoms with E-state index in [4.69, 9.17) is 5.26 Å². The fourth-order valence-electron chi connectivity index (χ4n) is 2.60. The lowest BCUT2D eigenvalue weighted by Crippen LogP contribution is -2.41. The number of hydrogen-bond donors (Lipinski definition) is 0. The van der Waals surface area contributed by atoms with Gasteiger partial charge in [-0.15, -0.1) is 0 Å². The van der Waals surface area contributed by atoms with Gasteiger partial charge < -0.3 is 4.90 Å². The van der Waals surface area contributed by atoms with E-state index in [1.807, 2.05) is 6.07 Å². The Kier molecular flexibility index (Phi) is 4.84. The van der Waals surface area contributed by atoms with Crippen molar-refractivity contribution in [1.29, 1.82) is 5.26 Å². The third kappa shape index (κ3) is 3.49. The Morgan fingerprint density at radius 3 is 2.95 bits per heavy atom. The molecule has 102 valence electrons. The van der Waals surface area contributed by atoms with Crippen LogP contribution in [0.25, 0.3) is 0 Å². The zero-order valence-electron chi connectivity index (χ0n) is 11.5. The number of hydrogen-bond acceptors (Lipinski definition) is 3. The summed E-state index contributed by atoms with van der Waals surface area (Å²) in [6.07, 6.45) is 1.72. The highest BCUT2D eigenvalue weighted by Gasteiger charge is 2.26. The summed E-state index contributed by atoms with van der Waals surface area (Å²) in [6.45, 7) is 4.21. The van der Waals surface area contributed by atoms with Crippen LogP contribution in [0.1, 0.15) is 19.8 Å². The van der Waals surface area contributed by atoms with Gasteiger partial charge in [-0.25, -0.2) is 0 Å². The number of nitriles is 1. The third-order valence-electron chi connectivity index (χ3n) is 4.02. The molecule has 0 N–H and O–H groups in total. The van der Waals surface area contributed by atoms with Crippen molar-refractivity contribution in [1.82, 2.24) is 4.90 Å². The molecule has 19 heavy (non-hydrogen) atoms. The number of likely N-dealkylation sites (N-methyl/N-ethyl adjacent to an activating group) is 1. The summed E-state index contributed by atoms with van der Waals surface area (Å²) in [7, 11) is 2.14. The molecule has 0 bridgehead atoms.